The molecule has 0 saturated carbocycles. The Morgan fingerprint density at radius 1 is 0.839 bits per heavy atom. The van der Waals surface area contributed by atoms with E-state index in [1.54, 1.807) is 6.07 Å². The van der Waals surface area contributed by atoms with Crippen molar-refractivity contribution in [3.8, 4) is 17.2 Å². The Kier molecular flexibility index (Phi) is 3.87. The second kappa shape index (κ2) is 6.64. The van der Waals surface area contributed by atoms with Gasteiger partial charge in [0.05, 0.1) is 5.56 Å². The molecule has 143 valence electrons. The van der Waals surface area contributed by atoms with Crippen LogP contribution in [0.1, 0.15) is 0 Å². The van der Waals surface area contributed by atoms with E-state index in [1.807, 2.05) is 55.4 Å². The van der Waals surface area contributed by atoms with Crippen molar-refractivity contribution in [2.45, 2.75) is 6.82 Å². The van der Waals surface area contributed by atoms with E-state index in [2.05, 4.69) is 25.5 Å². The highest BCUT2D eigenvalue weighted by atomic mass is 16.3. The van der Waals surface area contributed by atoms with Crippen molar-refractivity contribution in [1.29, 1.82) is 0 Å². The predicted molar refractivity (Wildman–Crippen MR) is 130 cm³/mol. The number of benzene rings is 5. The molecule has 3 nitrogen and oxygen atoms in total. The lowest BCUT2D eigenvalue weighted by Crippen LogP contribution is -2.09. The normalized spacial score (nSPS) is 11.6. The maximum Gasteiger partial charge on any atom is 0.231 e. The third kappa shape index (κ3) is 2.66. The zero-order valence-electron chi connectivity index (χ0n) is 16.9. The number of hydrogen-bond acceptors (Lipinski definition) is 3. The minimum absolute atomic E-state index is 0.140. The lowest BCUT2D eigenvalue weighted by atomic mass is 9.72. The number of hydrogen-bond donors (Lipinski definition) is 1. The summed E-state index contributed by atoms with van der Waals surface area (Å²) in [5.74, 6) is 0.535. The van der Waals surface area contributed by atoms with E-state index in [4.69, 9.17) is 17.2 Å². The summed E-state index contributed by atoms with van der Waals surface area (Å²) >= 11 is 0. The molecule has 0 saturated heterocycles. The second-order valence-electron chi connectivity index (χ2n) is 7.78. The molecule has 6 aromatic rings. The molecule has 0 bridgehead atoms. The van der Waals surface area contributed by atoms with Crippen molar-refractivity contribution in [3.63, 3.8) is 0 Å². The highest BCUT2D eigenvalue weighted by molar-refractivity contribution is 6.52. The van der Waals surface area contributed by atoms with Crippen LogP contribution in [0, 0.1) is 0 Å². The fourth-order valence-electron chi connectivity index (χ4n) is 4.43. The zero-order valence-corrected chi connectivity index (χ0v) is 16.9. The van der Waals surface area contributed by atoms with Crippen LogP contribution in [-0.4, -0.2) is 25.2 Å². The Hall–Kier alpha value is -3.72. The standard InChI is InChI=1S/C26H16B2NO2/c1-28-16-8-10-18-19-9-7-15(27)12-21(19)25-24(20(18)13-16)29-26(31-25)23-17-5-3-2-4-14(17)6-11-22(23)30/h2-13,30H,1H3. The maximum absolute atomic E-state index is 10.7. The van der Waals surface area contributed by atoms with Crippen LogP contribution >= 0.6 is 0 Å². The van der Waals surface area contributed by atoms with Gasteiger partial charge in [-0.05, 0) is 27.6 Å². The van der Waals surface area contributed by atoms with Gasteiger partial charge in [0.15, 0.2) is 5.58 Å². The van der Waals surface area contributed by atoms with Crippen molar-refractivity contribution in [2.24, 2.45) is 0 Å². The molecule has 6 rings (SSSR count). The first kappa shape index (κ1) is 18.1. The van der Waals surface area contributed by atoms with E-state index in [9.17, 15) is 5.11 Å². The van der Waals surface area contributed by atoms with Crippen LogP contribution < -0.4 is 10.9 Å². The molecule has 5 aromatic carbocycles. The van der Waals surface area contributed by atoms with E-state index >= 15 is 0 Å². The van der Waals surface area contributed by atoms with Crippen LogP contribution in [0.15, 0.2) is 77.2 Å². The maximum atomic E-state index is 10.7. The van der Waals surface area contributed by atoms with Gasteiger partial charge in [0.2, 0.25) is 5.89 Å². The number of nitrogens with zero attached hydrogens (tertiary/aromatic N) is 1. The molecule has 0 fully saturated rings. The van der Waals surface area contributed by atoms with Gasteiger partial charge < -0.3 is 9.52 Å². The van der Waals surface area contributed by atoms with Gasteiger partial charge in [-0.15, -0.1) is 0 Å². The Balaban J connectivity index is 1.79. The Bertz CT molecular complexity index is 1650. The summed E-state index contributed by atoms with van der Waals surface area (Å²) in [6, 6.07) is 23.7. The number of oxazole rings is 1. The SMILES string of the molecule is [B]c1ccc2c3ccc([B]C)cc3c3nc(-c4c(O)ccc5ccccc45)oc3c2c1. The van der Waals surface area contributed by atoms with Gasteiger partial charge >= 0.3 is 0 Å². The summed E-state index contributed by atoms with van der Waals surface area (Å²) in [5, 5.41) is 16.7. The molecule has 1 heterocycles. The Morgan fingerprint density at radius 3 is 2.52 bits per heavy atom. The van der Waals surface area contributed by atoms with Gasteiger partial charge in [-0.25, -0.2) is 4.98 Å². The molecule has 0 aliphatic heterocycles. The van der Waals surface area contributed by atoms with Gasteiger partial charge in [-0.2, -0.15) is 0 Å². The van der Waals surface area contributed by atoms with Crippen molar-refractivity contribution < 1.29 is 9.52 Å². The highest BCUT2D eigenvalue weighted by Gasteiger charge is 2.20. The zero-order chi connectivity index (χ0) is 21.1. The summed E-state index contributed by atoms with van der Waals surface area (Å²) in [4.78, 5) is 4.90. The van der Waals surface area contributed by atoms with Gasteiger partial charge in [0, 0.05) is 10.8 Å². The highest BCUT2D eigenvalue weighted by Crippen LogP contribution is 2.41. The summed E-state index contributed by atoms with van der Waals surface area (Å²) in [5.41, 5.74) is 3.81. The summed E-state index contributed by atoms with van der Waals surface area (Å²) in [6.45, 7) is 2.02. The number of rotatable bonds is 2. The molecule has 0 unspecified atom stereocenters. The second-order valence-corrected chi connectivity index (χ2v) is 7.78. The minimum atomic E-state index is 0.140. The number of aromatic hydroxyl groups is 1. The van der Waals surface area contributed by atoms with Gasteiger partial charge in [-0.3, -0.25) is 0 Å². The molecule has 3 radical (unpaired) electrons. The molecule has 0 aliphatic rings. The minimum Gasteiger partial charge on any atom is -0.507 e. The fraction of sp³-hybridized carbons (Fsp3) is 0.0385. The molecule has 1 aromatic heterocycles. The molecular formula is C26H16B2NO2. The largest absolute Gasteiger partial charge is 0.507 e. The molecule has 1 N–H and O–H groups in total. The van der Waals surface area contributed by atoms with E-state index in [0.717, 1.165) is 43.3 Å². The van der Waals surface area contributed by atoms with Crippen molar-refractivity contribution in [1.82, 2.24) is 4.98 Å². The molecule has 0 amide bonds. The molecule has 0 spiro atoms. The first-order valence-corrected chi connectivity index (χ1v) is 10.2. The third-order valence-electron chi connectivity index (χ3n) is 5.96. The van der Waals surface area contributed by atoms with Gasteiger partial charge in [0.25, 0.3) is 0 Å². The average Bonchev–Trinajstić information content (AvgIpc) is 3.24. The molecule has 0 aliphatic carbocycles. The topological polar surface area (TPSA) is 46.3 Å². The predicted octanol–water partition coefficient (Wildman–Crippen LogP) is 4.83. The fourth-order valence-corrected chi connectivity index (χ4v) is 4.43. The average molecular weight is 396 g/mol. The lowest BCUT2D eigenvalue weighted by Gasteiger charge is -2.08. The summed E-state index contributed by atoms with van der Waals surface area (Å²) < 4.78 is 6.36. The number of phenolic OH excluding ortho intramolecular Hbond substituents is 1. The van der Waals surface area contributed by atoms with Crippen molar-refractivity contribution in [2.75, 3.05) is 0 Å². The first-order valence-electron chi connectivity index (χ1n) is 10.2. The van der Waals surface area contributed by atoms with Crippen LogP contribution in [0.3, 0.4) is 0 Å². The van der Waals surface area contributed by atoms with Crippen LogP contribution in [0.4, 0.5) is 0 Å². The Labute approximate surface area is 181 Å². The summed E-state index contributed by atoms with van der Waals surface area (Å²) in [7, 11) is 8.18. The van der Waals surface area contributed by atoms with Gasteiger partial charge in [0.1, 0.15) is 26.4 Å². The third-order valence-corrected chi connectivity index (χ3v) is 5.96. The van der Waals surface area contributed by atoms with Crippen LogP contribution in [-0.2, 0) is 0 Å². The molecular weight excluding hydrogens is 380 g/mol. The van der Waals surface area contributed by atoms with Crippen molar-refractivity contribution in [3.05, 3.63) is 72.8 Å². The van der Waals surface area contributed by atoms with E-state index in [1.165, 1.54) is 0 Å². The van der Waals surface area contributed by atoms with E-state index in [0.29, 0.717) is 22.5 Å². The first-order chi connectivity index (χ1) is 15.1. The van der Waals surface area contributed by atoms with E-state index in [-0.39, 0.29) is 5.75 Å². The molecule has 31 heavy (non-hydrogen) atoms. The van der Waals surface area contributed by atoms with Crippen LogP contribution in [0.5, 0.6) is 5.75 Å². The van der Waals surface area contributed by atoms with E-state index < -0.39 is 0 Å². The molecule has 5 heteroatoms. The number of aromatic nitrogens is 1. The number of fused-ring (bicyclic) bond motifs is 7. The number of phenols is 1. The van der Waals surface area contributed by atoms with Gasteiger partial charge in [-0.1, -0.05) is 84.5 Å². The monoisotopic (exact) mass is 396 g/mol. The van der Waals surface area contributed by atoms with Crippen molar-refractivity contribution >= 4 is 69.5 Å². The Morgan fingerprint density at radius 2 is 1.65 bits per heavy atom. The smallest absolute Gasteiger partial charge is 0.231 e. The summed E-state index contributed by atoms with van der Waals surface area (Å²) in [6.07, 6.45) is 0. The quantitative estimate of drug-likeness (QED) is 0.337. The van der Waals surface area contributed by atoms with Crippen LogP contribution in [0.25, 0.3) is 54.9 Å². The molecule has 0 atom stereocenters. The lowest BCUT2D eigenvalue weighted by molar-refractivity contribution is 0.475. The van der Waals surface area contributed by atoms with Crippen LogP contribution in [0.2, 0.25) is 6.82 Å².